The number of carbonyl (C=O) groups excluding carboxylic acids is 2. The highest BCUT2D eigenvalue weighted by Gasteiger charge is 2.30. The van der Waals surface area contributed by atoms with Gasteiger partial charge in [0.25, 0.3) is 0 Å². The van der Waals surface area contributed by atoms with E-state index in [2.05, 4.69) is 10.6 Å². The monoisotopic (exact) mass is 440 g/mol. The van der Waals surface area contributed by atoms with E-state index in [1.807, 2.05) is 58.9 Å². The molecule has 0 radical (unpaired) electrons. The fourth-order valence-corrected chi connectivity index (χ4v) is 3.83. The number of amides is 1. The lowest BCUT2D eigenvalue weighted by molar-refractivity contribution is -0.124. The number of Topliss-reactive ketones (excluding diaryl/α,β-unsaturated/α-hetero) is 1. The lowest BCUT2D eigenvalue weighted by Crippen LogP contribution is -2.50. The summed E-state index contributed by atoms with van der Waals surface area (Å²) in [6.07, 6.45) is 0.789. The highest BCUT2D eigenvalue weighted by atomic mass is 16.3. The molecule has 0 aliphatic carbocycles. The van der Waals surface area contributed by atoms with E-state index in [-0.39, 0.29) is 48.1 Å². The maximum Gasteiger partial charge on any atom is 0.220 e. The van der Waals surface area contributed by atoms with Crippen molar-refractivity contribution in [3.63, 3.8) is 0 Å². The summed E-state index contributed by atoms with van der Waals surface area (Å²) >= 11 is 0. The normalized spacial score (nSPS) is 12.7. The second-order valence-corrected chi connectivity index (χ2v) is 9.16. The van der Waals surface area contributed by atoms with Gasteiger partial charge in [-0.05, 0) is 41.8 Å². The van der Waals surface area contributed by atoms with E-state index in [0.717, 1.165) is 11.1 Å². The molecule has 0 heterocycles. The van der Waals surface area contributed by atoms with E-state index < -0.39 is 11.5 Å². The average Bonchev–Trinajstić information content (AvgIpc) is 2.75. The topological polar surface area (TPSA) is 98.7 Å². The van der Waals surface area contributed by atoms with Crippen LogP contribution in [0.25, 0.3) is 0 Å². The minimum Gasteiger partial charge on any atom is -0.508 e. The molecule has 0 fully saturated rings. The summed E-state index contributed by atoms with van der Waals surface area (Å²) in [4.78, 5) is 25.2. The Morgan fingerprint density at radius 1 is 0.875 bits per heavy atom. The zero-order valence-electron chi connectivity index (χ0n) is 19.7. The van der Waals surface area contributed by atoms with Gasteiger partial charge in [0.2, 0.25) is 5.91 Å². The third-order valence-electron chi connectivity index (χ3n) is 5.81. The van der Waals surface area contributed by atoms with Gasteiger partial charge in [-0.25, -0.2) is 0 Å². The molecular weight excluding hydrogens is 404 g/mol. The third-order valence-corrected chi connectivity index (χ3v) is 5.81. The maximum absolute atomic E-state index is 12.7. The molecule has 0 aromatic heterocycles. The number of carbonyl (C=O) groups is 2. The quantitative estimate of drug-likeness (QED) is 0.425. The van der Waals surface area contributed by atoms with Crippen molar-refractivity contribution in [3.05, 3.63) is 59.7 Å². The van der Waals surface area contributed by atoms with E-state index >= 15 is 0 Å². The summed E-state index contributed by atoms with van der Waals surface area (Å²) in [6, 6.07) is 13.6. The Labute approximate surface area is 191 Å². The number of rotatable bonds is 11. The second-order valence-electron chi connectivity index (χ2n) is 9.16. The summed E-state index contributed by atoms with van der Waals surface area (Å²) in [7, 11) is 0. The van der Waals surface area contributed by atoms with E-state index in [4.69, 9.17) is 0 Å². The van der Waals surface area contributed by atoms with E-state index in [0.29, 0.717) is 6.42 Å². The molecule has 6 heteroatoms. The van der Waals surface area contributed by atoms with Crippen molar-refractivity contribution in [2.24, 2.45) is 5.92 Å². The molecule has 4 N–H and O–H groups in total. The van der Waals surface area contributed by atoms with Gasteiger partial charge < -0.3 is 20.8 Å². The number of ketones is 1. The molecule has 174 valence electrons. The number of phenolic OH excluding ortho intramolecular Hbond substituents is 2. The Morgan fingerprint density at radius 3 is 1.75 bits per heavy atom. The standard InChI is InChI=1S/C26H36N2O4/c1-17(2)25(32)23(28-18(3)4)16-27-24(31)14-15-26(5,19-6-10-21(29)11-7-19)20-8-12-22(30)13-9-20/h6-13,17-18,23,28-30H,14-16H2,1-5H3,(H,27,31). The van der Waals surface area contributed by atoms with E-state index in [1.165, 1.54) is 0 Å². The van der Waals surface area contributed by atoms with Crippen molar-refractivity contribution in [1.82, 2.24) is 10.6 Å². The molecule has 32 heavy (non-hydrogen) atoms. The van der Waals surface area contributed by atoms with Crippen LogP contribution in [0.2, 0.25) is 0 Å². The summed E-state index contributed by atoms with van der Waals surface area (Å²) in [5, 5.41) is 25.5. The maximum atomic E-state index is 12.7. The minimum atomic E-state index is -0.498. The van der Waals surface area contributed by atoms with Crippen molar-refractivity contribution < 1.29 is 19.8 Å². The van der Waals surface area contributed by atoms with Crippen LogP contribution in [-0.4, -0.2) is 40.5 Å². The lowest BCUT2D eigenvalue weighted by atomic mass is 9.73. The molecule has 0 spiro atoms. The molecule has 0 saturated heterocycles. The van der Waals surface area contributed by atoms with Crippen LogP contribution in [0, 0.1) is 5.92 Å². The van der Waals surface area contributed by atoms with Crippen LogP contribution in [0.3, 0.4) is 0 Å². The Kier molecular flexibility index (Phi) is 8.84. The third kappa shape index (κ3) is 6.82. The number of benzene rings is 2. The van der Waals surface area contributed by atoms with Crippen LogP contribution in [0.5, 0.6) is 11.5 Å². The van der Waals surface area contributed by atoms with Crippen molar-refractivity contribution in [2.45, 2.75) is 65.0 Å². The van der Waals surface area contributed by atoms with Gasteiger partial charge in [0.15, 0.2) is 5.78 Å². The van der Waals surface area contributed by atoms with Crippen molar-refractivity contribution in [2.75, 3.05) is 6.54 Å². The molecule has 0 saturated carbocycles. The first kappa shape index (κ1) is 25.4. The molecular formula is C26H36N2O4. The van der Waals surface area contributed by atoms with Crippen LogP contribution < -0.4 is 10.6 Å². The van der Waals surface area contributed by atoms with Crippen molar-refractivity contribution >= 4 is 11.7 Å². The van der Waals surface area contributed by atoms with E-state index in [9.17, 15) is 19.8 Å². The smallest absolute Gasteiger partial charge is 0.220 e. The van der Waals surface area contributed by atoms with Gasteiger partial charge in [0.05, 0.1) is 6.04 Å². The highest BCUT2D eigenvalue weighted by Crippen LogP contribution is 2.37. The van der Waals surface area contributed by atoms with Gasteiger partial charge in [-0.15, -0.1) is 0 Å². The number of hydrogen-bond acceptors (Lipinski definition) is 5. The van der Waals surface area contributed by atoms with Crippen LogP contribution >= 0.6 is 0 Å². The first-order chi connectivity index (χ1) is 15.0. The molecule has 1 atom stereocenters. The molecule has 2 aromatic carbocycles. The van der Waals surface area contributed by atoms with Gasteiger partial charge in [0.1, 0.15) is 11.5 Å². The molecule has 0 bridgehead atoms. The Balaban J connectivity index is 2.13. The Morgan fingerprint density at radius 2 is 1.34 bits per heavy atom. The summed E-state index contributed by atoms with van der Waals surface area (Å²) in [6.45, 7) is 9.97. The van der Waals surface area contributed by atoms with Gasteiger partial charge in [-0.1, -0.05) is 58.9 Å². The molecule has 0 aliphatic heterocycles. The van der Waals surface area contributed by atoms with E-state index in [1.54, 1.807) is 24.3 Å². The largest absolute Gasteiger partial charge is 0.508 e. The minimum absolute atomic E-state index is 0.0806. The average molecular weight is 441 g/mol. The summed E-state index contributed by atoms with van der Waals surface area (Å²) in [5.74, 6) is 0.199. The fraction of sp³-hybridized carbons (Fsp3) is 0.462. The molecule has 6 nitrogen and oxygen atoms in total. The van der Waals surface area contributed by atoms with Crippen LogP contribution in [-0.2, 0) is 15.0 Å². The summed E-state index contributed by atoms with van der Waals surface area (Å²) < 4.78 is 0. The number of hydrogen-bond donors (Lipinski definition) is 4. The zero-order valence-corrected chi connectivity index (χ0v) is 19.7. The van der Waals surface area contributed by atoms with Crippen molar-refractivity contribution in [1.29, 1.82) is 0 Å². The van der Waals surface area contributed by atoms with Gasteiger partial charge >= 0.3 is 0 Å². The zero-order chi connectivity index (χ0) is 23.9. The highest BCUT2D eigenvalue weighted by molar-refractivity contribution is 5.87. The lowest BCUT2D eigenvalue weighted by Gasteiger charge is -2.31. The molecule has 2 aromatic rings. The van der Waals surface area contributed by atoms with Crippen LogP contribution in [0.1, 0.15) is 58.6 Å². The Hall–Kier alpha value is -2.86. The van der Waals surface area contributed by atoms with Crippen molar-refractivity contribution in [3.8, 4) is 11.5 Å². The van der Waals surface area contributed by atoms with Gasteiger partial charge in [0, 0.05) is 30.3 Å². The molecule has 1 unspecified atom stereocenters. The summed E-state index contributed by atoms with van der Waals surface area (Å²) in [5.41, 5.74) is 1.42. The van der Waals surface area contributed by atoms with Crippen LogP contribution in [0.4, 0.5) is 0 Å². The second kappa shape index (κ2) is 11.1. The van der Waals surface area contributed by atoms with Gasteiger partial charge in [-0.3, -0.25) is 9.59 Å². The first-order valence-electron chi connectivity index (χ1n) is 11.2. The first-order valence-corrected chi connectivity index (χ1v) is 11.2. The molecule has 2 rings (SSSR count). The number of nitrogens with one attached hydrogen (secondary N) is 2. The SMILES string of the molecule is CC(C)NC(CNC(=O)CCC(C)(c1ccc(O)cc1)c1ccc(O)cc1)C(=O)C(C)C. The fourth-order valence-electron chi connectivity index (χ4n) is 3.83. The van der Waals surface area contributed by atoms with Crippen LogP contribution in [0.15, 0.2) is 48.5 Å². The molecule has 1 amide bonds. The molecule has 0 aliphatic rings. The predicted octanol–water partition coefficient (Wildman–Crippen LogP) is 3.89. The Bertz CT molecular complexity index is 844. The predicted molar refractivity (Wildman–Crippen MR) is 127 cm³/mol. The number of aromatic hydroxyl groups is 2. The van der Waals surface area contributed by atoms with Gasteiger partial charge in [-0.2, -0.15) is 0 Å². The number of phenols is 2.